The average molecular weight is 426 g/mol. The zero-order chi connectivity index (χ0) is 22.4. The second-order valence-electron chi connectivity index (χ2n) is 5.76. The van der Waals surface area contributed by atoms with Crippen LogP contribution in [0.4, 0.5) is 0 Å². The van der Waals surface area contributed by atoms with E-state index in [0.29, 0.717) is 6.42 Å². The molecule has 0 saturated heterocycles. The number of aliphatic carboxylic acids is 1. The van der Waals surface area contributed by atoms with Gasteiger partial charge in [-0.2, -0.15) is 11.8 Å². The van der Waals surface area contributed by atoms with Crippen molar-refractivity contribution < 1.29 is 38.9 Å². The number of esters is 3. The molecular weight excluding hydrogens is 396 g/mol. The molecule has 0 unspecified atom stereocenters. The monoisotopic (exact) mass is 426 g/mol. The number of nitrogens with two attached hydrogens (primary N) is 4. The Morgan fingerprint density at radius 3 is 1.89 bits per heavy atom. The molecule has 0 fully saturated rings. The fraction of sp³-hybridized carbons (Fsp3) is 0.733. The normalized spacial score (nSPS) is 15.7. The predicted molar refractivity (Wildman–Crippen MR) is 102 cm³/mol. The van der Waals surface area contributed by atoms with Crippen LogP contribution in [0.3, 0.4) is 0 Å². The van der Waals surface area contributed by atoms with Crippen molar-refractivity contribution in [2.45, 2.75) is 50.5 Å². The lowest BCUT2D eigenvalue weighted by Crippen LogP contribution is -2.44. The Labute approximate surface area is 167 Å². The van der Waals surface area contributed by atoms with E-state index in [0.717, 1.165) is 5.75 Å². The first-order chi connectivity index (χ1) is 12.8. The summed E-state index contributed by atoms with van der Waals surface area (Å²) in [5, 5.41) is 17.3. The zero-order valence-electron chi connectivity index (χ0n) is 16.1. The first-order valence-corrected chi connectivity index (χ1v) is 9.58. The van der Waals surface area contributed by atoms with Gasteiger partial charge in [0.2, 0.25) is 0 Å². The topological polar surface area (TPSA) is 231 Å². The van der Waals surface area contributed by atoms with Crippen molar-refractivity contribution in [2.75, 3.05) is 18.6 Å². The fourth-order valence-corrected chi connectivity index (χ4v) is 1.66. The average Bonchev–Trinajstić information content (AvgIpc) is 2.62. The van der Waals surface area contributed by atoms with Crippen LogP contribution in [0.1, 0.15) is 20.3 Å². The smallest absolute Gasteiger partial charge is 0.333 e. The Balaban J connectivity index is 0. The highest BCUT2D eigenvalue weighted by molar-refractivity contribution is 7.98. The van der Waals surface area contributed by atoms with Crippen molar-refractivity contribution in [3.8, 4) is 0 Å². The molecule has 28 heavy (non-hydrogen) atoms. The highest BCUT2D eigenvalue weighted by Crippen LogP contribution is 2.00. The van der Waals surface area contributed by atoms with Crippen LogP contribution in [-0.4, -0.2) is 83.0 Å². The highest BCUT2D eigenvalue weighted by atomic mass is 32.2. The lowest BCUT2D eigenvalue weighted by atomic mass is 10.2. The van der Waals surface area contributed by atoms with Gasteiger partial charge in [0.05, 0.1) is 6.10 Å². The van der Waals surface area contributed by atoms with E-state index in [1.807, 2.05) is 6.26 Å². The van der Waals surface area contributed by atoms with Crippen molar-refractivity contribution >= 4 is 35.6 Å². The molecular formula is C15H30N4O8S. The molecule has 0 saturated carbocycles. The molecule has 13 heteroatoms. The third-order valence-corrected chi connectivity index (χ3v) is 3.67. The van der Waals surface area contributed by atoms with Gasteiger partial charge < -0.3 is 42.6 Å². The van der Waals surface area contributed by atoms with E-state index >= 15 is 0 Å². The van der Waals surface area contributed by atoms with Gasteiger partial charge in [0, 0.05) is 0 Å². The van der Waals surface area contributed by atoms with Gasteiger partial charge in [0.1, 0.15) is 30.8 Å². The van der Waals surface area contributed by atoms with Crippen molar-refractivity contribution in [3.63, 3.8) is 0 Å². The number of aliphatic hydroxyl groups is 1. The molecule has 0 aromatic rings. The molecule has 0 bridgehead atoms. The molecule has 10 N–H and O–H groups in total. The van der Waals surface area contributed by atoms with Crippen molar-refractivity contribution in [1.29, 1.82) is 0 Å². The SMILES string of the molecule is CSCC[C@H](N)C(=O)OC[C@H](N)C(=O)O.C[C@H](N)C(=O)OC(=O)[C@@H](N)[C@@H](C)O. The Hall–Kier alpha value is -1.77. The van der Waals surface area contributed by atoms with E-state index in [1.54, 1.807) is 11.8 Å². The summed E-state index contributed by atoms with van der Waals surface area (Å²) in [6.45, 7) is 2.35. The van der Waals surface area contributed by atoms with Crippen LogP contribution < -0.4 is 22.9 Å². The van der Waals surface area contributed by atoms with Gasteiger partial charge >= 0.3 is 23.9 Å². The molecule has 0 aliphatic carbocycles. The molecule has 164 valence electrons. The van der Waals surface area contributed by atoms with Crippen LogP contribution in [-0.2, 0) is 28.7 Å². The van der Waals surface area contributed by atoms with Gasteiger partial charge in [0.15, 0.2) is 0 Å². The summed E-state index contributed by atoms with van der Waals surface area (Å²) in [5.74, 6) is -2.90. The summed E-state index contributed by atoms with van der Waals surface area (Å²) < 4.78 is 8.89. The zero-order valence-corrected chi connectivity index (χ0v) is 16.9. The summed E-state index contributed by atoms with van der Waals surface area (Å²) in [6, 6.07) is -4.01. The molecule has 0 rings (SSSR count). The lowest BCUT2D eigenvalue weighted by Gasteiger charge is -2.13. The largest absolute Gasteiger partial charge is 0.480 e. The van der Waals surface area contributed by atoms with Crippen LogP contribution in [0, 0.1) is 0 Å². The molecule has 5 atom stereocenters. The second-order valence-corrected chi connectivity index (χ2v) is 6.74. The predicted octanol–water partition coefficient (Wildman–Crippen LogP) is -2.87. The number of carbonyl (C=O) groups is 4. The van der Waals surface area contributed by atoms with E-state index in [-0.39, 0.29) is 6.61 Å². The minimum Gasteiger partial charge on any atom is -0.480 e. The van der Waals surface area contributed by atoms with E-state index < -0.39 is 54.1 Å². The minimum absolute atomic E-state index is 0.346. The van der Waals surface area contributed by atoms with E-state index in [1.165, 1.54) is 13.8 Å². The number of aliphatic hydroxyl groups excluding tert-OH is 1. The number of hydrogen-bond donors (Lipinski definition) is 6. The maximum Gasteiger partial charge on any atom is 0.333 e. The number of hydrogen-bond acceptors (Lipinski definition) is 12. The van der Waals surface area contributed by atoms with Gasteiger partial charge in [-0.25, -0.2) is 9.59 Å². The van der Waals surface area contributed by atoms with E-state index in [2.05, 4.69) is 9.47 Å². The molecule has 0 aromatic carbocycles. The summed E-state index contributed by atoms with van der Waals surface area (Å²) in [7, 11) is 0. The molecule has 12 nitrogen and oxygen atoms in total. The first-order valence-electron chi connectivity index (χ1n) is 8.19. The van der Waals surface area contributed by atoms with Gasteiger partial charge in [-0.3, -0.25) is 9.59 Å². The Morgan fingerprint density at radius 1 is 0.964 bits per heavy atom. The maximum absolute atomic E-state index is 11.2. The summed E-state index contributed by atoms with van der Waals surface area (Å²) in [6.07, 6.45) is 1.34. The summed E-state index contributed by atoms with van der Waals surface area (Å²) in [4.78, 5) is 43.2. The number of carboxylic acids is 1. The minimum atomic E-state index is -1.22. The fourth-order valence-electron chi connectivity index (χ4n) is 1.17. The summed E-state index contributed by atoms with van der Waals surface area (Å²) in [5.41, 5.74) is 21.0. The molecule has 0 spiro atoms. The van der Waals surface area contributed by atoms with Crippen LogP contribution in [0.15, 0.2) is 0 Å². The Kier molecular flexibility index (Phi) is 15.4. The van der Waals surface area contributed by atoms with Crippen LogP contribution in [0.2, 0.25) is 0 Å². The van der Waals surface area contributed by atoms with Crippen LogP contribution in [0.5, 0.6) is 0 Å². The number of rotatable bonds is 10. The van der Waals surface area contributed by atoms with Crippen molar-refractivity contribution in [3.05, 3.63) is 0 Å². The van der Waals surface area contributed by atoms with Crippen LogP contribution in [0.25, 0.3) is 0 Å². The van der Waals surface area contributed by atoms with Gasteiger partial charge in [-0.05, 0) is 32.3 Å². The van der Waals surface area contributed by atoms with Crippen molar-refractivity contribution in [2.24, 2.45) is 22.9 Å². The quantitative estimate of drug-likeness (QED) is 0.152. The maximum atomic E-state index is 11.2. The third kappa shape index (κ3) is 13.4. The molecule has 0 radical (unpaired) electrons. The number of carboxylic acid groups (broad SMARTS) is 1. The Morgan fingerprint density at radius 2 is 1.50 bits per heavy atom. The molecule has 0 aliphatic heterocycles. The lowest BCUT2D eigenvalue weighted by molar-refractivity contribution is -0.162. The van der Waals surface area contributed by atoms with Gasteiger partial charge in [-0.15, -0.1) is 0 Å². The molecule has 0 heterocycles. The Bertz CT molecular complexity index is 518. The van der Waals surface area contributed by atoms with Crippen LogP contribution >= 0.6 is 11.8 Å². The number of carbonyl (C=O) groups excluding carboxylic acids is 3. The standard InChI is InChI=1S/C8H16N2O4S.C7H14N2O4/c1-15-3-2-5(9)8(13)14-4-6(10)7(11)12;1-3(8)6(11)13-7(12)5(9)4(2)10/h5-6H,2-4,9-10H2,1H3,(H,11,12);3-5,10H,8-9H2,1-2H3/t5-,6-;3-,4+,5-/m00/s1. The number of ether oxygens (including phenoxy) is 2. The van der Waals surface area contributed by atoms with E-state index in [9.17, 15) is 19.2 Å². The van der Waals surface area contributed by atoms with Crippen molar-refractivity contribution in [1.82, 2.24) is 0 Å². The van der Waals surface area contributed by atoms with E-state index in [4.69, 9.17) is 33.1 Å². The molecule has 0 amide bonds. The van der Waals surface area contributed by atoms with Gasteiger partial charge in [0.25, 0.3) is 0 Å². The summed E-state index contributed by atoms with van der Waals surface area (Å²) >= 11 is 1.57. The molecule has 0 aromatic heterocycles. The van der Waals surface area contributed by atoms with Gasteiger partial charge in [-0.1, -0.05) is 0 Å². The third-order valence-electron chi connectivity index (χ3n) is 3.02. The highest BCUT2D eigenvalue weighted by Gasteiger charge is 2.24. The molecule has 0 aliphatic rings. The first kappa shape index (κ1) is 28.4. The number of thioether (sulfide) groups is 1. The second kappa shape index (κ2) is 15.2.